The topological polar surface area (TPSA) is 53.4 Å². The Balaban J connectivity index is 2.07. The molecule has 0 amide bonds. The third-order valence-corrected chi connectivity index (χ3v) is 3.11. The minimum atomic E-state index is -0.338. The van der Waals surface area contributed by atoms with Crippen LogP contribution in [-0.4, -0.2) is 22.4 Å². The molecule has 5 nitrogen and oxygen atoms in total. The zero-order chi connectivity index (χ0) is 15.2. The van der Waals surface area contributed by atoms with Crippen LogP contribution >= 0.6 is 0 Å². The first-order chi connectivity index (χ1) is 10.1. The molecule has 0 atom stereocenters. The Bertz CT molecular complexity index is 605. The number of nitrogens with zero attached hydrogens (tertiary/aromatic N) is 2. The number of hydrogen-bond acceptors (Lipinski definition) is 4. The predicted octanol–water partition coefficient (Wildman–Crippen LogP) is 2.76. The van der Waals surface area contributed by atoms with Crippen LogP contribution in [0.2, 0.25) is 0 Å². The summed E-state index contributed by atoms with van der Waals surface area (Å²) in [6, 6.07) is 9.59. The van der Waals surface area contributed by atoms with Crippen molar-refractivity contribution in [3.8, 4) is 11.6 Å². The number of rotatable bonds is 6. The molecule has 0 aliphatic rings. The van der Waals surface area contributed by atoms with E-state index >= 15 is 0 Å². The van der Waals surface area contributed by atoms with Gasteiger partial charge in [-0.25, -0.2) is 4.68 Å². The van der Waals surface area contributed by atoms with Gasteiger partial charge in [-0.3, -0.25) is 4.79 Å². The van der Waals surface area contributed by atoms with Crippen molar-refractivity contribution < 1.29 is 14.3 Å². The van der Waals surface area contributed by atoms with Crippen molar-refractivity contribution in [1.82, 2.24) is 9.78 Å². The number of benzene rings is 1. The molecule has 1 aromatic heterocycles. The number of carbonyl (C=O) groups is 1. The quantitative estimate of drug-likeness (QED) is 0.767. The van der Waals surface area contributed by atoms with Crippen LogP contribution in [0.1, 0.15) is 25.1 Å². The lowest BCUT2D eigenvalue weighted by atomic mass is 10.2. The average molecular weight is 288 g/mol. The summed E-state index contributed by atoms with van der Waals surface area (Å²) in [6.07, 6.45) is 0.772. The van der Waals surface area contributed by atoms with E-state index in [0.717, 1.165) is 23.4 Å². The highest BCUT2D eigenvalue weighted by Crippen LogP contribution is 2.23. The first-order valence-electron chi connectivity index (χ1n) is 7.04. The molecule has 0 N–H and O–H groups in total. The van der Waals surface area contributed by atoms with Crippen molar-refractivity contribution in [2.45, 2.75) is 33.7 Å². The maximum Gasteiger partial charge on any atom is 0.309 e. The molecule has 0 saturated carbocycles. The molecule has 1 aromatic carbocycles. The Morgan fingerprint density at radius 2 is 2.00 bits per heavy atom. The average Bonchev–Trinajstić information content (AvgIpc) is 2.75. The fourth-order valence-corrected chi connectivity index (χ4v) is 2.17. The first kappa shape index (κ1) is 15.1. The molecular weight excluding hydrogens is 268 g/mol. The van der Waals surface area contributed by atoms with Gasteiger partial charge in [0.05, 0.1) is 12.2 Å². The number of para-hydroxylation sites is 1. The van der Waals surface area contributed by atoms with E-state index in [0.29, 0.717) is 19.0 Å². The summed E-state index contributed by atoms with van der Waals surface area (Å²) < 4.78 is 12.6. The lowest BCUT2D eigenvalue weighted by molar-refractivity contribution is -0.132. The third-order valence-electron chi connectivity index (χ3n) is 3.11. The van der Waals surface area contributed by atoms with Crippen molar-refractivity contribution >= 4 is 5.97 Å². The van der Waals surface area contributed by atoms with E-state index in [4.69, 9.17) is 9.47 Å². The third kappa shape index (κ3) is 3.84. The van der Waals surface area contributed by atoms with Crippen LogP contribution in [0.25, 0.3) is 0 Å². The summed E-state index contributed by atoms with van der Waals surface area (Å²) in [4.78, 5) is 11.2. The molecule has 21 heavy (non-hydrogen) atoms. The number of aromatic nitrogens is 2. The number of ether oxygens (including phenoxy) is 2. The van der Waals surface area contributed by atoms with Gasteiger partial charge in [0, 0.05) is 12.5 Å². The highest BCUT2D eigenvalue weighted by molar-refractivity contribution is 5.69. The fraction of sp³-hybridized carbons (Fsp3) is 0.375. The maximum atomic E-state index is 11.2. The SMILES string of the molecule is CCc1c(C)nn(CCOc2ccccc2)c1OC(C)=O. The normalized spacial score (nSPS) is 10.4. The van der Waals surface area contributed by atoms with E-state index in [1.165, 1.54) is 6.92 Å². The summed E-state index contributed by atoms with van der Waals surface area (Å²) in [5.74, 6) is 1.00. The van der Waals surface area contributed by atoms with E-state index in [9.17, 15) is 4.79 Å². The first-order valence-corrected chi connectivity index (χ1v) is 7.04. The molecule has 0 unspecified atom stereocenters. The van der Waals surface area contributed by atoms with Gasteiger partial charge in [-0.05, 0) is 25.5 Å². The van der Waals surface area contributed by atoms with Crippen LogP contribution < -0.4 is 9.47 Å². The molecule has 0 aliphatic carbocycles. The second-order valence-corrected chi connectivity index (χ2v) is 4.70. The summed E-state index contributed by atoms with van der Waals surface area (Å²) >= 11 is 0. The lowest BCUT2D eigenvalue weighted by Crippen LogP contribution is -2.14. The van der Waals surface area contributed by atoms with Crippen molar-refractivity contribution in [2.24, 2.45) is 0 Å². The molecule has 2 rings (SSSR count). The van der Waals surface area contributed by atoms with Gasteiger partial charge in [0.15, 0.2) is 0 Å². The van der Waals surface area contributed by atoms with Gasteiger partial charge < -0.3 is 9.47 Å². The zero-order valence-corrected chi connectivity index (χ0v) is 12.6. The second-order valence-electron chi connectivity index (χ2n) is 4.70. The Labute approximate surface area is 124 Å². The fourth-order valence-electron chi connectivity index (χ4n) is 2.17. The highest BCUT2D eigenvalue weighted by atomic mass is 16.5. The van der Waals surface area contributed by atoms with E-state index in [1.807, 2.05) is 44.2 Å². The monoisotopic (exact) mass is 288 g/mol. The molecule has 0 fully saturated rings. The van der Waals surface area contributed by atoms with Crippen molar-refractivity contribution in [3.05, 3.63) is 41.6 Å². The molecule has 0 saturated heterocycles. The van der Waals surface area contributed by atoms with Gasteiger partial charge in [-0.1, -0.05) is 25.1 Å². The largest absolute Gasteiger partial charge is 0.492 e. The van der Waals surface area contributed by atoms with E-state index in [1.54, 1.807) is 4.68 Å². The van der Waals surface area contributed by atoms with Crippen LogP contribution in [-0.2, 0) is 17.8 Å². The van der Waals surface area contributed by atoms with E-state index < -0.39 is 0 Å². The molecule has 0 bridgehead atoms. The standard InChI is InChI=1S/C16H20N2O3/c1-4-15-12(2)17-18(16(15)21-13(3)19)10-11-20-14-8-6-5-7-9-14/h5-9H,4,10-11H2,1-3H3. The van der Waals surface area contributed by atoms with Gasteiger partial charge in [0.25, 0.3) is 0 Å². The number of aryl methyl sites for hydroxylation is 1. The van der Waals surface area contributed by atoms with Crippen LogP contribution in [0.4, 0.5) is 0 Å². The van der Waals surface area contributed by atoms with Gasteiger partial charge in [-0.2, -0.15) is 5.10 Å². The Morgan fingerprint density at radius 3 is 2.62 bits per heavy atom. The molecule has 5 heteroatoms. The van der Waals surface area contributed by atoms with Gasteiger partial charge in [0.1, 0.15) is 12.4 Å². The predicted molar refractivity (Wildman–Crippen MR) is 79.6 cm³/mol. The molecule has 0 radical (unpaired) electrons. The van der Waals surface area contributed by atoms with Crippen LogP contribution in [0.15, 0.2) is 30.3 Å². The minimum Gasteiger partial charge on any atom is -0.492 e. The van der Waals surface area contributed by atoms with Crippen LogP contribution in [0.3, 0.4) is 0 Å². The second kappa shape index (κ2) is 6.92. The Hall–Kier alpha value is -2.30. The molecule has 112 valence electrons. The molecule has 0 aliphatic heterocycles. The molecule has 0 spiro atoms. The number of hydrogen-bond donors (Lipinski definition) is 0. The minimum absolute atomic E-state index is 0.338. The van der Waals surface area contributed by atoms with Gasteiger partial charge in [0.2, 0.25) is 5.88 Å². The molecule has 2 aromatic rings. The van der Waals surface area contributed by atoms with Crippen molar-refractivity contribution in [2.75, 3.05) is 6.61 Å². The van der Waals surface area contributed by atoms with Crippen LogP contribution in [0, 0.1) is 6.92 Å². The summed E-state index contributed by atoms with van der Waals surface area (Å²) in [5.41, 5.74) is 1.85. The van der Waals surface area contributed by atoms with Crippen molar-refractivity contribution in [3.63, 3.8) is 0 Å². The van der Waals surface area contributed by atoms with Gasteiger partial charge >= 0.3 is 5.97 Å². The molecule has 1 heterocycles. The zero-order valence-electron chi connectivity index (χ0n) is 12.6. The Kier molecular flexibility index (Phi) is 4.98. The number of carbonyl (C=O) groups excluding carboxylic acids is 1. The smallest absolute Gasteiger partial charge is 0.309 e. The van der Waals surface area contributed by atoms with E-state index in [-0.39, 0.29) is 5.97 Å². The summed E-state index contributed by atoms with van der Waals surface area (Å²) in [7, 11) is 0. The summed E-state index contributed by atoms with van der Waals surface area (Å²) in [6.45, 7) is 6.32. The summed E-state index contributed by atoms with van der Waals surface area (Å²) in [5, 5.41) is 4.43. The Morgan fingerprint density at radius 1 is 1.29 bits per heavy atom. The highest BCUT2D eigenvalue weighted by Gasteiger charge is 2.16. The number of esters is 1. The lowest BCUT2D eigenvalue weighted by Gasteiger charge is -2.09. The van der Waals surface area contributed by atoms with Crippen molar-refractivity contribution in [1.29, 1.82) is 0 Å². The van der Waals surface area contributed by atoms with E-state index in [2.05, 4.69) is 5.10 Å². The van der Waals surface area contributed by atoms with Crippen LogP contribution in [0.5, 0.6) is 11.6 Å². The molecular formula is C16H20N2O3. The van der Waals surface area contributed by atoms with Gasteiger partial charge in [-0.15, -0.1) is 0 Å². The maximum absolute atomic E-state index is 11.2.